The largest absolute Gasteiger partial charge is 0.233 e. The Morgan fingerprint density at radius 3 is 2.22 bits per heavy atom. The third-order valence-corrected chi connectivity index (χ3v) is 2.43. The molecule has 1 nitrogen and oxygen atoms in total. The van der Waals surface area contributed by atoms with Crippen molar-refractivity contribution in [3.05, 3.63) is 0 Å². The fourth-order valence-corrected chi connectivity index (χ4v) is 0.920. The van der Waals surface area contributed by atoms with Gasteiger partial charge in [0.1, 0.15) is 0 Å². The molecule has 0 spiro atoms. The van der Waals surface area contributed by atoms with Gasteiger partial charge in [-0.05, 0) is 25.7 Å². The summed E-state index contributed by atoms with van der Waals surface area (Å²) in [4.78, 5) is 0. The van der Waals surface area contributed by atoms with Gasteiger partial charge in [-0.15, -0.1) is 0 Å². The van der Waals surface area contributed by atoms with E-state index < -0.39 is 0 Å². The molecule has 2 heteroatoms. The number of hydrogen-bond donors (Lipinski definition) is 0. The van der Waals surface area contributed by atoms with Crippen LogP contribution in [0.25, 0.3) is 0 Å². The summed E-state index contributed by atoms with van der Waals surface area (Å²) < 4.78 is 0. The molecule has 55 valence electrons. The maximum Gasteiger partial charge on any atom is 0.0902 e. The SMILES string of the molecule is CC([O])CCC(C)CBr. The lowest BCUT2D eigenvalue weighted by molar-refractivity contribution is 0.0926. The first-order valence-corrected chi connectivity index (χ1v) is 4.50. The Hall–Kier alpha value is 0.440. The first-order chi connectivity index (χ1) is 4.16. The molecule has 0 heterocycles. The maximum absolute atomic E-state index is 10.5. The first kappa shape index (κ1) is 9.44. The fraction of sp³-hybridized carbons (Fsp3) is 1.00. The van der Waals surface area contributed by atoms with E-state index in [0.29, 0.717) is 5.92 Å². The topological polar surface area (TPSA) is 19.9 Å². The molecule has 0 bridgehead atoms. The fourth-order valence-electron chi connectivity index (χ4n) is 0.596. The van der Waals surface area contributed by atoms with Crippen molar-refractivity contribution in [1.29, 1.82) is 0 Å². The smallest absolute Gasteiger partial charge is 0.0902 e. The Balaban J connectivity index is 3.06. The lowest BCUT2D eigenvalue weighted by Gasteiger charge is -2.06. The summed E-state index contributed by atoms with van der Waals surface area (Å²) in [5.74, 6) is 0.654. The third-order valence-electron chi connectivity index (χ3n) is 1.33. The van der Waals surface area contributed by atoms with E-state index in [1.165, 1.54) is 0 Å². The summed E-state index contributed by atoms with van der Waals surface area (Å²) >= 11 is 3.36. The van der Waals surface area contributed by atoms with E-state index in [1.807, 2.05) is 0 Å². The lowest BCUT2D eigenvalue weighted by Crippen LogP contribution is -2.02. The van der Waals surface area contributed by atoms with E-state index >= 15 is 0 Å². The Bertz CT molecular complexity index is 63.9. The molecule has 0 saturated carbocycles. The number of rotatable bonds is 4. The zero-order valence-corrected chi connectivity index (χ0v) is 7.65. The summed E-state index contributed by atoms with van der Waals surface area (Å²) in [6, 6.07) is 0. The van der Waals surface area contributed by atoms with E-state index in [1.54, 1.807) is 6.92 Å². The first-order valence-electron chi connectivity index (χ1n) is 3.38. The summed E-state index contributed by atoms with van der Waals surface area (Å²) in [7, 11) is 0. The third kappa shape index (κ3) is 6.32. The average Bonchev–Trinajstić information content (AvgIpc) is 1.83. The van der Waals surface area contributed by atoms with Crippen molar-refractivity contribution in [2.24, 2.45) is 5.92 Å². The standard InChI is InChI=1S/C7H14BrO/c1-6(5-8)3-4-7(2)9/h6-7H,3-5H2,1-2H3. The van der Waals surface area contributed by atoms with E-state index in [9.17, 15) is 5.11 Å². The van der Waals surface area contributed by atoms with Gasteiger partial charge in [-0.2, -0.15) is 0 Å². The molecule has 0 rings (SSSR count). The Kier molecular flexibility index (Phi) is 5.50. The molecule has 1 radical (unpaired) electrons. The monoisotopic (exact) mass is 193 g/mol. The molecular formula is C7H14BrO. The Morgan fingerprint density at radius 1 is 1.33 bits per heavy atom. The van der Waals surface area contributed by atoms with Crippen molar-refractivity contribution in [3.63, 3.8) is 0 Å². The summed E-state index contributed by atoms with van der Waals surface area (Å²) in [6.07, 6.45) is 1.48. The van der Waals surface area contributed by atoms with Gasteiger partial charge in [-0.1, -0.05) is 22.9 Å². The van der Waals surface area contributed by atoms with Gasteiger partial charge in [0.2, 0.25) is 0 Å². The maximum atomic E-state index is 10.5. The molecule has 2 unspecified atom stereocenters. The average molecular weight is 194 g/mol. The normalized spacial score (nSPS) is 17.3. The van der Waals surface area contributed by atoms with E-state index in [0.717, 1.165) is 18.2 Å². The Labute approximate surface area is 65.6 Å². The van der Waals surface area contributed by atoms with Gasteiger partial charge >= 0.3 is 0 Å². The van der Waals surface area contributed by atoms with Crippen LogP contribution in [0, 0.1) is 5.92 Å². The van der Waals surface area contributed by atoms with Crippen LogP contribution in [0.5, 0.6) is 0 Å². The molecule has 0 aromatic rings. The molecule has 2 atom stereocenters. The second-order valence-electron chi connectivity index (χ2n) is 2.65. The van der Waals surface area contributed by atoms with E-state index in [4.69, 9.17) is 0 Å². The van der Waals surface area contributed by atoms with Crippen LogP contribution in [0.15, 0.2) is 0 Å². The number of alkyl halides is 1. The molecule has 0 N–H and O–H groups in total. The van der Waals surface area contributed by atoms with Gasteiger partial charge < -0.3 is 0 Å². The minimum atomic E-state index is -0.383. The Morgan fingerprint density at radius 2 is 1.89 bits per heavy atom. The van der Waals surface area contributed by atoms with Crippen molar-refractivity contribution >= 4 is 15.9 Å². The predicted octanol–water partition coefficient (Wildman–Crippen LogP) is 2.62. The second kappa shape index (κ2) is 5.24. The van der Waals surface area contributed by atoms with Crippen LogP contribution in [0.1, 0.15) is 26.7 Å². The van der Waals surface area contributed by atoms with Crippen LogP contribution in [0.3, 0.4) is 0 Å². The van der Waals surface area contributed by atoms with Gasteiger partial charge in [-0.25, -0.2) is 5.11 Å². The second-order valence-corrected chi connectivity index (χ2v) is 3.29. The summed E-state index contributed by atoms with van der Waals surface area (Å²) in [6.45, 7) is 3.87. The number of hydrogen-bond acceptors (Lipinski definition) is 0. The molecule has 9 heavy (non-hydrogen) atoms. The molecule has 0 fully saturated rings. The van der Waals surface area contributed by atoms with Gasteiger partial charge in [0.05, 0.1) is 6.10 Å². The van der Waals surface area contributed by atoms with Crippen LogP contribution in [0.2, 0.25) is 0 Å². The van der Waals surface area contributed by atoms with Crippen LogP contribution < -0.4 is 0 Å². The molecule has 0 saturated heterocycles. The van der Waals surface area contributed by atoms with Gasteiger partial charge in [0.25, 0.3) is 0 Å². The molecule has 0 aliphatic rings. The highest BCUT2D eigenvalue weighted by atomic mass is 79.9. The molecule has 0 aliphatic heterocycles. The van der Waals surface area contributed by atoms with E-state index in [2.05, 4.69) is 22.9 Å². The highest BCUT2D eigenvalue weighted by molar-refractivity contribution is 9.09. The lowest BCUT2D eigenvalue weighted by atomic mass is 10.1. The van der Waals surface area contributed by atoms with Gasteiger partial charge in [0.15, 0.2) is 0 Å². The molecule has 0 aromatic heterocycles. The summed E-state index contributed by atoms with van der Waals surface area (Å²) in [5.41, 5.74) is 0. The minimum Gasteiger partial charge on any atom is -0.233 e. The van der Waals surface area contributed by atoms with Crippen molar-refractivity contribution in [3.8, 4) is 0 Å². The molecular weight excluding hydrogens is 180 g/mol. The van der Waals surface area contributed by atoms with Crippen LogP contribution >= 0.6 is 15.9 Å². The van der Waals surface area contributed by atoms with E-state index in [-0.39, 0.29) is 6.10 Å². The minimum absolute atomic E-state index is 0.383. The van der Waals surface area contributed by atoms with Crippen LogP contribution in [-0.2, 0) is 5.11 Å². The molecule has 0 amide bonds. The summed E-state index contributed by atoms with van der Waals surface area (Å²) in [5, 5.41) is 11.5. The van der Waals surface area contributed by atoms with Crippen molar-refractivity contribution < 1.29 is 5.11 Å². The molecule has 0 aromatic carbocycles. The zero-order valence-electron chi connectivity index (χ0n) is 6.06. The van der Waals surface area contributed by atoms with Crippen molar-refractivity contribution in [2.45, 2.75) is 32.8 Å². The van der Waals surface area contributed by atoms with Crippen LogP contribution in [0.4, 0.5) is 0 Å². The van der Waals surface area contributed by atoms with Crippen LogP contribution in [-0.4, -0.2) is 11.4 Å². The van der Waals surface area contributed by atoms with Gasteiger partial charge in [0, 0.05) is 5.33 Å². The quantitative estimate of drug-likeness (QED) is 0.613. The number of halogens is 1. The predicted molar refractivity (Wildman–Crippen MR) is 42.3 cm³/mol. The van der Waals surface area contributed by atoms with Crippen molar-refractivity contribution in [2.75, 3.05) is 5.33 Å². The zero-order chi connectivity index (χ0) is 7.28. The highest BCUT2D eigenvalue weighted by Crippen LogP contribution is 2.09. The van der Waals surface area contributed by atoms with Crippen molar-refractivity contribution in [1.82, 2.24) is 0 Å². The van der Waals surface area contributed by atoms with Gasteiger partial charge in [-0.3, -0.25) is 0 Å². The molecule has 0 aliphatic carbocycles. The highest BCUT2D eigenvalue weighted by Gasteiger charge is 2.02.